The van der Waals surface area contributed by atoms with Gasteiger partial charge in [-0.25, -0.2) is 0 Å². The number of carbonyl (C=O) groups excluding carboxylic acids is 2. The Kier molecular flexibility index (Phi) is 2.29. The van der Waals surface area contributed by atoms with E-state index in [4.69, 9.17) is 9.47 Å². The number of aldehydes is 1. The molecule has 0 aromatic heterocycles. The molecule has 78 valence electrons. The minimum atomic E-state index is -0.226. The summed E-state index contributed by atoms with van der Waals surface area (Å²) in [6.07, 6.45) is 0.688. The van der Waals surface area contributed by atoms with Crippen LogP contribution in [0.4, 0.5) is 5.69 Å². The van der Waals surface area contributed by atoms with E-state index >= 15 is 0 Å². The number of rotatable bonds is 2. The lowest BCUT2D eigenvalue weighted by atomic mass is 10.2. The summed E-state index contributed by atoms with van der Waals surface area (Å²) in [5.41, 5.74) is 0.891. The number of benzene rings is 1. The van der Waals surface area contributed by atoms with Gasteiger partial charge in [0.1, 0.15) is 6.29 Å². The number of hydrogen-bond donors (Lipinski definition) is 1. The zero-order chi connectivity index (χ0) is 10.8. The molecule has 1 amide bonds. The molecular formula is C10H9NO4. The number of ether oxygens (including phenoxy) is 2. The summed E-state index contributed by atoms with van der Waals surface area (Å²) in [5.74, 6) is 0.717. The fourth-order valence-corrected chi connectivity index (χ4v) is 1.38. The highest BCUT2D eigenvalue weighted by Crippen LogP contribution is 2.39. The maximum atomic E-state index is 10.9. The van der Waals surface area contributed by atoms with Crippen LogP contribution in [0.3, 0.4) is 0 Å². The summed E-state index contributed by atoms with van der Waals surface area (Å²) in [6.45, 7) is 1.49. The molecule has 1 heterocycles. The van der Waals surface area contributed by atoms with E-state index in [0.717, 1.165) is 0 Å². The Labute approximate surface area is 86.0 Å². The first-order valence-electron chi connectivity index (χ1n) is 4.37. The van der Waals surface area contributed by atoms with Crippen molar-refractivity contribution in [3.63, 3.8) is 0 Å². The molecule has 15 heavy (non-hydrogen) atoms. The van der Waals surface area contributed by atoms with Gasteiger partial charge in [0.2, 0.25) is 12.7 Å². The molecule has 0 saturated heterocycles. The van der Waals surface area contributed by atoms with Gasteiger partial charge in [0, 0.05) is 12.5 Å². The Bertz CT molecular complexity index is 428. The molecule has 1 aromatic rings. The average Bonchev–Trinajstić information content (AvgIpc) is 2.64. The standard InChI is InChI=1S/C10H9NO4/c1-6(13)11-8-2-7(4-12)3-9-10(8)15-5-14-9/h2-4H,5H2,1H3,(H,11,13). The zero-order valence-electron chi connectivity index (χ0n) is 8.07. The van der Waals surface area contributed by atoms with Crippen molar-refractivity contribution in [2.24, 2.45) is 0 Å². The van der Waals surface area contributed by atoms with Crippen LogP contribution in [0.25, 0.3) is 0 Å². The SMILES string of the molecule is CC(=O)Nc1cc(C=O)cc2c1OCO2. The first-order valence-corrected chi connectivity index (χ1v) is 4.37. The second kappa shape index (κ2) is 3.61. The van der Waals surface area contributed by atoms with Crippen LogP contribution < -0.4 is 14.8 Å². The number of carbonyl (C=O) groups is 2. The highest BCUT2D eigenvalue weighted by molar-refractivity contribution is 5.93. The van der Waals surface area contributed by atoms with E-state index in [1.165, 1.54) is 6.92 Å². The number of anilines is 1. The van der Waals surface area contributed by atoms with Crippen molar-refractivity contribution in [3.8, 4) is 11.5 Å². The summed E-state index contributed by atoms with van der Waals surface area (Å²) in [5, 5.41) is 2.58. The van der Waals surface area contributed by atoms with E-state index in [9.17, 15) is 9.59 Å². The molecule has 5 heteroatoms. The molecule has 0 unspecified atom stereocenters. The van der Waals surface area contributed by atoms with Crippen LogP contribution in [0.5, 0.6) is 11.5 Å². The van der Waals surface area contributed by atoms with Crippen molar-refractivity contribution in [2.75, 3.05) is 12.1 Å². The van der Waals surface area contributed by atoms with E-state index < -0.39 is 0 Å². The van der Waals surface area contributed by atoms with Gasteiger partial charge in [-0.2, -0.15) is 0 Å². The first-order chi connectivity index (χ1) is 7.20. The molecule has 1 aromatic carbocycles. The van der Waals surface area contributed by atoms with Crippen LogP contribution in [0.2, 0.25) is 0 Å². The predicted molar refractivity (Wildman–Crippen MR) is 52.3 cm³/mol. The van der Waals surface area contributed by atoms with Gasteiger partial charge in [0.15, 0.2) is 11.5 Å². The quantitative estimate of drug-likeness (QED) is 0.740. The summed E-state index contributed by atoms with van der Waals surface area (Å²) in [4.78, 5) is 21.6. The van der Waals surface area contributed by atoms with E-state index in [1.54, 1.807) is 12.1 Å². The molecule has 0 radical (unpaired) electrons. The first kappa shape index (κ1) is 9.51. The maximum absolute atomic E-state index is 10.9. The van der Waals surface area contributed by atoms with Crippen molar-refractivity contribution in [1.29, 1.82) is 0 Å². The zero-order valence-corrected chi connectivity index (χ0v) is 8.07. The van der Waals surface area contributed by atoms with Crippen molar-refractivity contribution < 1.29 is 19.1 Å². The Hall–Kier alpha value is -2.04. The lowest BCUT2D eigenvalue weighted by Crippen LogP contribution is -2.07. The fraction of sp³-hybridized carbons (Fsp3) is 0.200. The highest BCUT2D eigenvalue weighted by atomic mass is 16.7. The third-order valence-electron chi connectivity index (χ3n) is 1.94. The second-order valence-corrected chi connectivity index (χ2v) is 3.10. The lowest BCUT2D eigenvalue weighted by molar-refractivity contribution is -0.114. The van der Waals surface area contributed by atoms with Gasteiger partial charge in [0.25, 0.3) is 0 Å². The molecule has 0 saturated carbocycles. The Morgan fingerprint density at radius 3 is 2.93 bits per heavy atom. The topological polar surface area (TPSA) is 64.6 Å². The van der Waals surface area contributed by atoms with E-state index in [-0.39, 0.29) is 12.7 Å². The minimum absolute atomic E-state index is 0.101. The lowest BCUT2D eigenvalue weighted by Gasteiger charge is -2.06. The fourth-order valence-electron chi connectivity index (χ4n) is 1.38. The van der Waals surface area contributed by atoms with Crippen molar-refractivity contribution in [1.82, 2.24) is 0 Å². The van der Waals surface area contributed by atoms with Gasteiger partial charge < -0.3 is 14.8 Å². The molecule has 5 nitrogen and oxygen atoms in total. The third-order valence-corrected chi connectivity index (χ3v) is 1.94. The Morgan fingerprint density at radius 1 is 1.47 bits per heavy atom. The van der Waals surface area contributed by atoms with Gasteiger partial charge in [-0.05, 0) is 12.1 Å². The predicted octanol–water partition coefficient (Wildman–Crippen LogP) is 1.19. The largest absolute Gasteiger partial charge is 0.453 e. The van der Waals surface area contributed by atoms with Gasteiger partial charge in [-0.1, -0.05) is 0 Å². The molecule has 0 atom stereocenters. The minimum Gasteiger partial charge on any atom is -0.453 e. The molecule has 0 bridgehead atoms. The normalized spacial score (nSPS) is 12.3. The van der Waals surface area contributed by atoms with Crippen LogP contribution in [0.1, 0.15) is 17.3 Å². The van der Waals surface area contributed by atoms with Gasteiger partial charge >= 0.3 is 0 Å². The molecule has 2 rings (SSSR count). The molecule has 1 N–H and O–H groups in total. The van der Waals surface area contributed by atoms with Crippen LogP contribution in [0.15, 0.2) is 12.1 Å². The molecule has 0 aliphatic carbocycles. The molecule has 0 fully saturated rings. The number of hydrogen-bond acceptors (Lipinski definition) is 4. The van der Waals surface area contributed by atoms with E-state index in [1.807, 2.05) is 0 Å². The number of amides is 1. The molecular weight excluding hydrogens is 198 g/mol. The molecule has 1 aliphatic heterocycles. The van der Waals surface area contributed by atoms with Crippen molar-refractivity contribution in [3.05, 3.63) is 17.7 Å². The van der Waals surface area contributed by atoms with Gasteiger partial charge in [-0.15, -0.1) is 0 Å². The van der Waals surface area contributed by atoms with E-state index in [0.29, 0.717) is 29.0 Å². The maximum Gasteiger partial charge on any atom is 0.231 e. The summed E-state index contributed by atoms with van der Waals surface area (Å²) in [7, 11) is 0. The average molecular weight is 207 g/mol. The smallest absolute Gasteiger partial charge is 0.231 e. The second-order valence-electron chi connectivity index (χ2n) is 3.10. The van der Waals surface area contributed by atoms with Crippen LogP contribution in [-0.2, 0) is 4.79 Å². The molecule has 1 aliphatic rings. The Balaban J connectivity index is 2.46. The summed E-state index contributed by atoms with van der Waals surface area (Å²) >= 11 is 0. The third kappa shape index (κ3) is 1.76. The summed E-state index contributed by atoms with van der Waals surface area (Å²) < 4.78 is 10.3. The Morgan fingerprint density at radius 2 is 2.27 bits per heavy atom. The van der Waals surface area contributed by atoms with Crippen LogP contribution in [-0.4, -0.2) is 19.0 Å². The number of fused-ring (bicyclic) bond motifs is 1. The number of nitrogens with one attached hydrogen (secondary N) is 1. The molecule has 0 spiro atoms. The van der Waals surface area contributed by atoms with Crippen molar-refractivity contribution in [2.45, 2.75) is 6.92 Å². The summed E-state index contributed by atoms with van der Waals surface area (Å²) in [6, 6.07) is 3.11. The van der Waals surface area contributed by atoms with Gasteiger partial charge in [-0.3, -0.25) is 9.59 Å². The van der Waals surface area contributed by atoms with Crippen LogP contribution in [0, 0.1) is 0 Å². The van der Waals surface area contributed by atoms with Crippen molar-refractivity contribution >= 4 is 17.9 Å². The van der Waals surface area contributed by atoms with E-state index in [2.05, 4.69) is 5.32 Å². The highest BCUT2D eigenvalue weighted by Gasteiger charge is 2.19. The van der Waals surface area contributed by atoms with Crippen LogP contribution >= 0.6 is 0 Å². The van der Waals surface area contributed by atoms with Gasteiger partial charge in [0.05, 0.1) is 5.69 Å². The monoisotopic (exact) mass is 207 g/mol.